The normalized spacial score (nSPS) is 12.0. The molecule has 1 amide bonds. The van der Waals surface area contributed by atoms with Gasteiger partial charge in [-0.1, -0.05) is 19.4 Å². The maximum absolute atomic E-state index is 12.2. The second-order valence-corrected chi connectivity index (χ2v) is 4.97. The molecule has 1 aromatic carbocycles. The molecule has 0 spiro atoms. The lowest BCUT2D eigenvalue weighted by atomic mass is 10.1. The van der Waals surface area contributed by atoms with Crippen molar-refractivity contribution in [3.05, 3.63) is 42.1 Å². The molecule has 0 aliphatic rings. The highest BCUT2D eigenvalue weighted by Crippen LogP contribution is 2.14. The van der Waals surface area contributed by atoms with E-state index in [0.29, 0.717) is 12.0 Å². The number of aliphatic carboxylic acids is 1. The molecule has 0 fully saturated rings. The lowest BCUT2D eigenvalue weighted by Gasteiger charge is -2.16. The molecule has 0 bridgehead atoms. The third kappa shape index (κ3) is 4.02. The van der Waals surface area contributed by atoms with Crippen LogP contribution in [0.1, 0.15) is 36.5 Å². The highest BCUT2D eigenvalue weighted by Gasteiger charge is 2.16. The predicted molar refractivity (Wildman–Crippen MR) is 80.2 cm³/mol. The van der Waals surface area contributed by atoms with Crippen molar-refractivity contribution in [3.8, 4) is 0 Å². The minimum atomic E-state index is -0.906. The number of benzene rings is 1. The van der Waals surface area contributed by atoms with Gasteiger partial charge >= 0.3 is 5.97 Å². The van der Waals surface area contributed by atoms with Crippen LogP contribution >= 0.6 is 0 Å². The Kier molecular flexibility index (Phi) is 4.87. The van der Waals surface area contributed by atoms with E-state index in [9.17, 15) is 9.59 Å². The largest absolute Gasteiger partial charge is 0.481 e. The number of hydrogen-bond acceptors (Lipinski definition) is 3. The highest BCUT2D eigenvalue weighted by molar-refractivity contribution is 5.98. The van der Waals surface area contributed by atoms with Gasteiger partial charge in [0.2, 0.25) is 0 Å². The number of carbonyl (C=O) groups is 2. The number of rotatable bonds is 6. The van der Waals surface area contributed by atoms with Crippen molar-refractivity contribution in [1.82, 2.24) is 10.3 Å². The Hall–Kier alpha value is -2.43. The number of carboxylic acids is 1. The Bertz CT molecular complexity index is 655. The van der Waals surface area contributed by atoms with Crippen LogP contribution < -0.4 is 5.32 Å². The zero-order chi connectivity index (χ0) is 15.2. The molecular formula is C16H18N2O3. The first-order chi connectivity index (χ1) is 10.1. The van der Waals surface area contributed by atoms with E-state index in [1.807, 2.05) is 19.1 Å². The second-order valence-electron chi connectivity index (χ2n) is 4.97. The minimum Gasteiger partial charge on any atom is -0.481 e. The first-order valence-corrected chi connectivity index (χ1v) is 6.97. The molecule has 1 atom stereocenters. The van der Waals surface area contributed by atoms with Crippen LogP contribution in [0.5, 0.6) is 0 Å². The molecule has 5 heteroatoms. The van der Waals surface area contributed by atoms with E-state index in [0.717, 1.165) is 17.3 Å². The fraction of sp³-hybridized carbons (Fsp3) is 0.312. The smallest absolute Gasteiger partial charge is 0.305 e. The van der Waals surface area contributed by atoms with Gasteiger partial charge in [-0.3, -0.25) is 14.6 Å². The maximum Gasteiger partial charge on any atom is 0.305 e. The van der Waals surface area contributed by atoms with Crippen molar-refractivity contribution >= 4 is 22.8 Å². The number of nitrogens with zero attached hydrogens (tertiary/aromatic N) is 1. The summed E-state index contributed by atoms with van der Waals surface area (Å²) in [7, 11) is 0. The first kappa shape index (κ1) is 15.0. The van der Waals surface area contributed by atoms with Gasteiger partial charge in [0.25, 0.3) is 5.91 Å². The SMILES string of the molecule is CCC[C@H](CC(=O)O)NC(=O)c1ccc2ncccc2c1. The van der Waals surface area contributed by atoms with Crippen LogP contribution in [0.25, 0.3) is 10.9 Å². The van der Waals surface area contributed by atoms with Crippen molar-refractivity contribution in [2.75, 3.05) is 0 Å². The molecule has 1 heterocycles. The number of carbonyl (C=O) groups excluding carboxylic acids is 1. The predicted octanol–water partition coefficient (Wildman–Crippen LogP) is 2.61. The van der Waals surface area contributed by atoms with Gasteiger partial charge in [0.05, 0.1) is 11.9 Å². The summed E-state index contributed by atoms with van der Waals surface area (Å²) in [6, 6.07) is 8.62. The van der Waals surface area contributed by atoms with Gasteiger partial charge in [-0.2, -0.15) is 0 Å². The van der Waals surface area contributed by atoms with Crippen LogP contribution in [-0.2, 0) is 4.79 Å². The number of hydrogen-bond donors (Lipinski definition) is 2. The average molecular weight is 286 g/mol. The van der Waals surface area contributed by atoms with E-state index in [1.165, 1.54) is 0 Å². The van der Waals surface area contributed by atoms with Crippen LogP contribution in [-0.4, -0.2) is 28.0 Å². The summed E-state index contributed by atoms with van der Waals surface area (Å²) in [4.78, 5) is 27.3. The molecule has 0 saturated heterocycles. The minimum absolute atomic E-state index is 0.0608. The Morgan fingerprint density at radius 1 is 1.33 bits per heavy atom. The summed E-state index contributed by atoms with van der Waals surface area (Å²) < 4.78 is 0. The molecule has 0 saturated carbocycles. The fourth-order valence-electron chi connectivity index (χ4n) is 2.27. The summed E-state index contributed by atoms with van der Waals surface area (Å²) in [6.07, 6.45) is 3.11. The number of carboxylic acid groups (broad SMARTS) is 1. The Morgan fingerprint density at radius 2 is 2.14 bits per heavy atom. The third-order valence-electron chi connectivity index (χ3n) is 3.26. The summed E-state index contributed by atoms with van der Waals surface area (Å²) in [6.45, 7) is 1.96. The van der Waals surface area contributed by atoms with Crippen LogP contribution in [0.15, 0.2) is 36.5 Å². The quantitative estimate of drug-likeness (QED) is 0.855. The lowest BCUT2D eigenvalue weighted by molar-refractivity contribution is -0.137. The van der Waals surface area contributed by atoms with Gasteiger partial charge in [-0.05, 0) is 30.7 Å². The van der Waals surface area contributed by atoms with Crippen molar-refractivity contribution in [1.29, 1.82) is 0 Å². The number of pyridine rings is 1. The number of nitrogens with one attached hydrogen (secondary N) is 1. The molecular weight excluding hydrogens is 268 g/mol. The summed E-state index contributed by atoms with van der Waals surface area (Å²) >= 11 is 0. The van der Waals surface area contributed by atoms with Crippen LogP contribution in [0.3, 0.4) is 0 Å². The van der Waals surface area contributed by atoms with Crippen LogP contribution in [0, 0.1) is 0 Å². The topological polar surface area (TPSA) is 79.3 Å². The van der Waals surface area contributed by atoms with Gasteiger partial charge in [-0.25, -0.2) is 0 Å². The third-order valence-corrected chi connectivity index (χ3v) is 3.26. The molecule has 21 heavy (non-hydrogen) atoms. The summed E-state index contributed by atoms with van der Waals surface area (Å²) in [5.41, 5.74) is 1.34. The van der Waals surface area contributed by atoms with Crippen LogP contribution in [0.2, 0.25) is 0 Å². The molecule has 0 aliphatic heterocycles. The lowest BCUT2D eigenvalue weighted by Crippen LogP contribution is -2.36. The molecule has 2 aromatic rings. The molecule has 5 nitrogen and oxygen atoms in total. The molecule has 1 aromatic heterocycles. The fourth-order valence-corrected chi connectivity index (χ4v) is 2.27. The van der Waals surface area contributed by atoms with Gasteiger partial charge in [0.1, 0.15) is 0 Å². The second kappa shape index (κ2) is 6.83. The Balaban J connectivity index is 2.14. The van der Waals surface area contributed by atoms with Crippen LogP contribution in [0.4, 0.5) is 0 Å². The van der Waals surface area contributed by atoms with Crippen molar-refractivity contribution in [2.24, 2.45) is 0 Å². The molecule has 0 unspecified atom stereocenters. The molecule has 2 rings (SSSR count). The highest BCUT2D eigenvalue weighted by atomic mass is 16.4. The summed E-state index contributed by atoms with van der Waals surface area (Å²) in [5, 5.41) is 12.6. The van der Waals surface area contributed by atoms with Gasteiger partial charge in [0, 0.05) is 23.2 Å². The van der Waals surface area contributed by atoms with E-state index < -0.39 is 5.97 Å². The Labute approximate surface area is 123 Å². The molecule has 0 radical (unpaired) electrons. The van der Waals surface area contributed by atoms with Gasteiger partial charge < -0.3 is 10.4 Å². The number of amides is 1. The standard InChI is InChI=1S/C16H18N2O3/c1-2-4-13(10-15(19)20)18-16(21)12-6-7-14-11(9-12)5-3-8-17-14/h3,5-9,13H,2,4,10H2,1H3,(H,18,21)(H,19,20)/t13-/m1/s1. The monoisotopic (exact) mass is 286 g/mol. The zero-order valence-corrected chi connectivity index (χ0v) is 11.9. The van der Waals surface area contributed by atoms with Crippen molar-refractivity contribution in [2.45, 2.75) is 32.2 Å². The van der Waals surface area contributed by atoms with E-state index in [4.69, 9.17) is 5.11 Å². The van der Waals surface area contributed by atoms with Crippen molar-refractivity contribution < 1.29 is 14.7 Å². The zero-order valence-electron chi connectivity index (χ0n) is 11.9. The molecule has 110 valence electrons. The average Bonchev–Trinajstić information content (AvgIpc) is 2.46. The van der Waals surface area contributed by atoms with E-state index in [2.05, 4.69) is 10.3 Å². The number of aromatic nitrogens is 1. The van der Waals surface area contributed by atoms with Gasteiger partial charge in [0.15, 0.2) is 0 Å². The van der Waals surface area contributed by atoms with E-state index in [1.54, 1.807) is 24.4 Å². The molecule has 2 N–H and O–H groups in total. The maximum atomic E-state index is 12.2. The Morgan fingerprint density at radius 3 is 2.86 bits per heavy atom. The summed E-state index contributed by atoms with van der Waals surface area (Å²) in [5.74, 6) is -1.16. The molecule has 0 aliphatic carbocycles. The van der Waals surface area contributed by atoms with Crippen molar-refractivity contribution in [3.63, 3.8) is 0 Å². The van der Waals surface area contributed by atoms with E-state index in [-0.39, 0.29) is 18.4 Å². The van der Waals surface area contributed by atoms with E-state index >= 15 is 0 Å². The van der Waals surface area contributed by atoms with Gasteiger partial charge in [-0.15, -0.1) is 0 Å². The number of fused-ring (bicyclic) bond motifs is 1. The first-order valence-electron chi connectivity index (χ1n) is 6.97.